The topological polar surface area (TPSA) is 145 Å². The van der Waals surface area contributed by atoms with Crippen molar-refractivity contribution in [3.8, 4) is 29.0 Å². The second-order valence-corrected chi connectivity index (χ2v) is 9.29. The number of nitrogen functional groups attached to an aromatic ring is 1. The molecule has 182 valence electrons. The Morgan fingerprint density at radius 2 is 1.97 bits per heavy atom. The number of aliphatic hydroxyl groups excluding tert-OH is 1. The van der Waals surface area contributed by atoms with Gasteiger partial charge in [0.1, 0.15) is 29.3 Å². The van der Waals surface area contributed by atoms with Gasteiger partial charge in [-0.15, -0.1) is 11.3 Å². The van der Waals surface area contributed by atoms with Gasteiger partial charge in [-0.05, 0) is 35.9 Å². The first kappa shape index (κ1) is 25.5. The molecule has 4 rings (SSSR count). The third-order valence-electron chi connectivity index (χ3n) is 5.04. The summed E-state index contributed by atoms with van der Waals surface area (Å²) in [6.45, 7) is 7.67. The molecular formula is C26H19N7O2S2. The van der Waals surface area contributed by atoms with E-state index >= 15 is 0 Å². The molecule has 9 nitrogen and oxygen atoms in total. The standard InChI is InChI=1S/C26H19N7O2S2/c1-30-23-22(17-5-7-20(8-6-17)35-10-9-34)21(13-28)25(33-24(23)29)36-14-19-15-37-26(32-19)31-18-4-2-3-16(11-18)12-27/h2-8,11,15,34H,9-10,14H2,(H2,29,33)(H,31,32). The van der Waals surface area contributed by atoms with E-state index in [-0.39, 0.29) is 30.3 Å². The number of pyridine rings is 1. The Balaban J connectivity index is 1.57. The van der Waals surface area contributed by atoms with Crippen molar-refractivity contribution in [3.05, 3.63) is 82.1 Å². The highest BCUT2D eigenvalue weighted by Crippen LogP contribution is 2.42. The third kappa shape index (κ3) is 5.97. The van der Waals surface area contributed by atoms with Crippen LogP contribution in [0.5, 0.6) is 5.75 Å². The number of rotatable bonds is 9. The Labute approximate surface area is 221 Å². The molecule has 0 spiro atoms. The first-order valence-corrected chi connectivity index (χ1v) is 12.7. The maximum Gasteiger partial charge on any atom is 0.236 e. The maximum absolute atomic E-state index is 10.0. The molecule has 2 heterocycles. The molecule has 37 heavy (non-hydrogen) atoms. The summed E-state index contributed by atoms with van der Waals surface area (Å²) in [5.41, 5.74) is 9.64. The van der Waals surface area contributed by atoms with Crippen LogP contribution < -0.4 is 15.8 Å². The fourth-order valence-electron chi connectivity index (χ4n) is 3.42. The van der Waals surface area contributed by atoms with Crippen LogP contribution in [0.2, 0.25) is 0 Å². The van der Waals surface area contributed by atoms with Crippen molar-refractivity contribution in [2.45, 2.75) is 10.8 Å². The van der Waals surface area contributed by atoms with Crippen molar-refractivity contribution in [1.29, 1.82) is 10.5 Å². The molecule has 0 amide bonds. The highest BCUT2D eigenvalue weighted by molar-refractivity contribution is 7.98. The largest absolute Gasteiger partial charge is 0.491 e. The number of nitrogens with two attached hydrogens (primary N) is 1. The highest BCUT2D eigenvalue weighted by atomic mass is 32.2. The van der Waals surface area contributed by atoms with Gasteiger partial charge in [0.05, 0.1) is 36.1 Å². The lowest BCUT2D eigenvalue weighted by molar-refractivity contribution is 0.201. The van der Waals surface area contributed by atoms with Gasteiger partial charge in [0.2, 0.25) is 5.69 Å². The summed E-state index contributed by atoms with van der Waals surface area (Å²) < 4.78 is 5.40. The number of aliphatic hydroxyl groups is 1. The van der Waals surface area contributed by atoms with E-state index in [1.165, 1.54) is 23.1 Å². The Kier molecular flexibility index (Phi) is 8.19. The fraction of sp³-hybridized carbons (Fsp3) is 0.115. The number of anilines is 3. The summed E-state index contributed by atoms with van der Waals surface area (Å²) in [6.07, 6.45) is 0. The Morgan fingerprint density at radius 3 is 2.68 bits per heavy atom. The van der Waals surface area contributed by atoms with Crippen molar-refractivity contribution < 1.29 is 9.84 Å². The molecule has 2 aromatic carbocycles. The van der Waals surface area contributed by atoms with Crippen LogP contribution in [0.25, 0.3) is 16.0 Å². The van der Waals surface area contributed by atoms with Gasteiger partial charge in [-0.2, -0.15) is 10.5 Å². The number of benzene rings is 2. The van der Waals surface area contributed by atoms with Gasteiger partial charge < -0.3 is 20.9 Å². The minimum absolute atomic E-state index is 0.0464. The second-order valence-electron chi connectivity index (χ2n) is 7.47. The van der Waals surface area contributed by atoms with E-state index in [2.05, 4.69) is 32.3 Å². The number of thioether (sulfide) groups is 1. The predicted octanol–water partition coefficient (Wildman–Crippen LogP) is 5.49. The van der Waals surface area contributed by atoms with Crippen LogP contribution in [-0.4, -0.2) is 28.3 Å². The molecule has 0 saturated heterocycles. The normalized spacial score (nSPS) is 10.2. The average molecular weight is 526 g/mol. The zero-order valence-electron chi connectivity index (χ0n) is 19.3. The third-order valence-corrected chi connectivity index (χ3v) is 6.86. The molecule has 0 saturated carbocycles. The van der Waals surface area contributed by atoms with Crippen LogP contribution in [0.3, 0.4) is 0 Å². The number of nitriles is 2. The lowest BCUT2D eigenvalue weighted by Crippen LogP contribution is -2.02. The summed E-state index contributed by atoms with van der Waals surface area (Å²) in [4.78, 5) is 12.5. The van der Waals surface area contributed by atoms with E-state index in [1.807, 2.05) is 11.4 Å². The smallest absolute Gasteiger partial charge is 0.236 e. The van der Waals surface area contributed by atoms with Crippen LogP contribution in [0.1, 0.15) is 16.8 Å². The van der Waals surface area contributed by atoms with Gasteiger partial charge in [0.25, 0.3) is 0 Å². The van der Waals surface area contributed by atoms with E-state index in [1.54, 1.807) is 42.5 Å². The van der Waals surface area contributed by atoms with Gasteiger partial charge >= 0.3 is 0 Å². The summed E-state index contributed by atoms with van der Waals surface area (Å²) in [6, 6.07) is 18.3. The van der Waals surface area contributed by atoms with Crippen molar-refractivity contribution in [3.63, 3.8) is 0 Å². The number of hydrogen-bond donors (Lipinski definition) is 3. The van der Waals surface area contributed by atoms with Crippen LogP contribution in [0.15, 0.2) is 58.9 Å². The van der Waals surface area contributed by atoms with Crippen molar-refractivity contribution in [2.75, 3.05) is 24.3 Å². The molecule has 4 aromatic rings. The highest BCUT2D eigenvalue weighted by Gasteiger charge is 2.21. The molecule has 0 atom stereocenters. The van der Waals surface area contributed by atoms with Crippen molar-refractivity contribution >= 4 is 45.4 Å². The molecular weight excluding hydrogens is 506 g/mol. The van der Waals surface area contributed by atoms with Gasteiger partial charge in [-0.1, -0.05) is 30.0 Å². The monoisotopic (exact) mass is 525 g/mol. The number of nitrogens with zero attached hydrogens (tertiary/aromatic N) is 5. The Bertz CT molecular complexity index is 1550. The van der Waals surface area contributed by atoms with E-state index < -0.39 is 0 Å². The Morgan fingerprint density at radius 1 is 1.16 bits per heavy atom. The molecule has 4 N–H and O–H groups in total. The molecule has 0 aliphatic rings. The van der Waals surface area contributed by atoms with E-state index in [9.17, 15) is 5.26 Å². The van der Waals surface area contributed by atoms with Crippen molar-refractivity contribution in [2.24, 2.45) is 0 Å². The number of ether oxygens (including phenoxy) is 1. The number of thiazole rings is 1. The lowest BCUT2D eigenvalue weighted by Gasteiger charge is -2.13. The molecule has 2 aromatic heterocycles. The minimum atomic E-state index is -0.103. The number of aromatic nitrogens is 2. The van der Waals surface area contributed by atoms with Gasteiger partial charge in [0, 0.05) is 22.4 Å². The molecule has 0 bridgehead atoms. The minimum Gasteiger partial charge on any atom is -0.491 e. The second kappa shape index (κ2) is 11.9. The molecule has 0 aliphatic heterocycles. The maximum atomic E-state index is 10.0. The molecule has 0 aliphatic carbocycles. The molecule has 0 radical (unpaired) electrons. The first-order valence-electron chi connectivity index (χ1n) is 10.9. The van der Waals surface area contributed by atoms with Crippen LogP contribution in [0.4, 0.5) is 22.3 Å². The quantitative estimate of drug-likeness (QED) is 0.191. The Hall–Kier alpha value is -4.60. The molecule has 0 fully saturated rings. The van der Waals surface area contributed by atoms with E-state index in [0.29, 0.717) is 38.4 Å². The molecule has 11 heteroatoms. The zero-order valence-corrected chi connectivity index (χ0v) is 20.9. The van der Waals surface area contributed by atoms with Crippen molar-refractivity contribution in [1.82, 2.24) is 9.97 Å². The summed E-state index contributed by atoms with van der Waals surface area (Å²) in [5, 5.41) is 34.2. The SMILES string of the molecule is [C-]#[N+]c1c(N)nc(SCc2csc(Nc3cccc(C#N)c3)n2)c(C#N)c1-c1ccc(OCCO)cc1. The average Bonchev–Trinajstić information content (AvgIpc) is 3.37. The summed E-state index contributed by atoms with van der Waals surface area (Å²) >= 11 is 2.73. The lowest BCUT2D eigenvalue weighted by atomic mass is 10.00. The van der Waals surface area contributed by atoms with E-state index in [0.717, 1.165) is 11.4 Å². The summed E-state index contributed by atoms with van der Waals surface area (Å²) in [7, 11) is 0. The van der Waals surface area contributed by atoms with Gasteiger partial charge in [-0.3, -0.25) is 0 Å². The zero-order chi connectivity index (χ0) is 26.2. The first-order chi connectivity index (χ1) is 18.1. The molecule has 0 unspecified atom stereocenters. The fourth-order valence-corrected chi connectivity index (χ4v) is 5.14. The van der Waals surface area contributed by atoms with Crippen LogP contribution >= 0.6 is 23.1 Å². The van der Waals surface area contributed by atoms with Gasteiger partial charge in [-0.25, -0.2) is 14.8 Å². The number of hydrogen-bond acceptors (Lipinski definition) is 10. The van der Waals surface area contributed by atoms with E-state index in [4.69, 9.17) is 27.4 Å². The predicted molar refractivity (Wildman–Crippen MR) is 144 cm³/mol. The number of nitrogens with one attached hydrogen (secondary N) is 1. The van der Waals surface area contributed by atoms with Gasteiger partial charge in [0.15, 0.2) is 5.13 Å². The van der Waals surface area contributed by atoms with Crippen LogP contribution in [0, 0.1) is 29.2 Å². The van der Waals surface area contributed by atoms with Crippen LogP contribution in [-0.2, 0) is 5.75 Å². The summed E-state index contributed by atoms with van der Waals surface area (Å²) in [5.74, 6) is 1.04.